The maximum absolute atomic E-state index is 6.13. The predicted molar refractivity (Wildman–Crippen MR) is 100 cm³/mol. The fourth-order valence-electron chi connectivity index (χ4n) is 4.73. The van der Waals surface area contributed by atoms with Gasteiger partial charge in [-0.3, -0.25) is 5.01 Å². The summed E-state index contributed by atoms with van der Waals surface area (Å²) in [5.74, 6) is 1.76. The Balaban J connectivity index is 1.65. The zero-order valence-electron chi connectivity index (χ0n) is 16.7. The van der Waals surface area contributed by atoms with Crippen LogP contribution in [0.15, 0.2) is 15.8 Å². The Kier molecular flexibility index (Phi) is 4.75. The van der Waals surface area contributed by atoms with Crippen molar-refractivity contribution in [3.05, 3.63) is 29.2 Å². The molecule has 0 radical (unpaired) electrons. The number of ether oxygens (including phenoxy) is 1. The van der Waals surface area contributed by atoms with Gasteiger partial charge in [0.05, 0.1) is 17.1 Å². The number of aryl methyl sites for hydroxylation is 3. The van der Waals surface area contributed by atoms with E-state index in [1.165, 1.54) is 5.71 Å². The molecule has 2 aromatic heterocycles. The topological polar surface area (TPSA) is 81.6 Å². The number of hydrogen-bond donors (Lipinski definition) is 0. The van der Waals surface area contributed by atoms with E-state index < -0.39 is 0 Å². The van der Waals surface area contributed by atoms with Crippen LogP contribution in [0.5, 0.6) is 0 Å². The van der Waals surface area contributed by atoms with E-state index in [2.05, 4.69) is 22.3 Å². The number of oxazole rings is 1. The van der Waals surface area contributed by atoms with Crippen molar-refractivity contribution < 1.29 is 9.15 Å². The van der Waals surface area contributed by atoms with Crippen LogP contribution in [0.2, 0.25) is 0 Å². The first-order valence-electron chi connectivity index (χ1n) is 9.60. The van der Waals surface area contributed by atoms with Crippen molar-refractivity contribution in [2.75, 3.05) is 20.2 Å². The zero-order chi connectivity index (χ0) is 19.1. The Bertz CT molecular complexity index is 822. The summed E-state index contributed by atoms with van der Waals surface area (Å²) in [4.78, 5) is 4.70. The van der Waals surface area contributed by atoms with Crippen molar-refractivity contribution in [3.63, 3.8) is 0 Å². The minimum atomic E-state index is 0.00984. The lowest BCUT2D eigenvalue weighted by Crippen LogP contribution is -2.33. The van der Waals surface area contributed by atoms with Crippen LogP contribution in [0.25, 0.3) is 0 Å². The summed E-state index contributed by atoms with van der Waals surface area (Å²) in [6.07, 6.45) is 3.76. The molecule has 2 aliphatic rings. The zero-order valence-corrected chi connectivity index (χ0v) is 16.7. The number of nitrogens with zero attached hydrogens (tertiary/aromatic N) is 6. The van der Waals surface area contributed by atoms with E-state index in [-0.39, 0.29) is 12.0 Å². The summed E-state index contributed by atoms with van der Waals surface area (Å²) < 4.78 is 13.5. The maximum atomic E-state index is 6.13. The van der Waals surface area contributed by atoms with E-state index in [9.17, 15) is 0 Å². The smallest absolute Gasteiger partial charge is 0.191 e. The van der Waals surface area contributed by atoms with E-state index in [0.717, 1.165) is 43.1 Å². The van der Waals surface area contributed by atoms with Gasteiger partial charge in [-0.25, -0.2) is 9.67 Å². The lowest BCUT2D eigenvalue weighted by atomic mass is 9.73. The second-order valence-corrected chi connectivity index (χ2v) is 7.83. The van der Waals surface area contributed by atoms with Gasteiger partial charge in [0.1, 0.15) is 12.4 Å². The molecule has 4 rings (SSSR count). The minimum absolute atomic E-state index is 0.00984. The van der Waals surface area contributed by atoms with Crippen LogP contribution in [0, 0.1) is 25.7 Å². The van der Waals surface area contributed by atoms with Gasteiger partial charge in [-0.15, -0.1) is 5.10 Å². The summed E-state index contributed by atoms with van der Waals surface area (Å²) >= 11 is 0. The first-order valence-corrected chi connectivity index (χ1v) is 9.60. The molecule has 27 heavy (non-hydrogen) atoms. The van der Waals surface area contributed by atoms with E-state index in [1.807, 2.05) is 43.9 Å². The largest absolute Gasteiger partial charge is 0.449 e. The second-order valence-electron chi connectivity index (χ2n) is 7.83. The molecule has 146 valence electrons. The van der Waals surface area contributed by atoms with Gasteiger partial charge in [-0.2, -0.15) is 5.10 Å². The first kappa shape index (κ1) is 18.2. The highest BCUT2D eigenvalue weighted by molar-refractivity contribution is 5.86. The van der Waals surface area contributed by atoms with E-state index in [0.29, 0.717) is 17.7 Å². The third-order valence-corrected chi connectivity index (χ3v) is 5.92. The van der Waals surface area contributed by atoms with Crippen molar-refractivity contribution in [2.45, 2.75) is 45.6 Å². The highest BCUT2D eigenvalue weighted by Crippen LogP contribution is 2.44. The summed E-state index contributed by atoms with van der Waals surface area (Å²) in [6, 6.07) is 0. The van der Waals surface area contributed by atoms with E-state index >= 15 is 0 Å². The summed E-state index contributed by atoms with van der Waals surface area (Å²) in [6.45, 7) is 7.67. The highest BCUT2D eigenvalue weighted by Gasteiger charge is 2.41. The van der Waals surface area contributed by atoms with Crippen LogP contribution in [0.1, 0.15) is 54.8 Å². The molecule has 0 aromatic carbocycles. The molecule has 0 spiro atoms. The summed E-state index contributed by atoms with van der Waals surface area (Å²) in [5.41, 5.74) is 4.22. The quantitative estimate of drug-likeness (QED) is 0.820. The molecule has 0 amide bonds. The number of aromatic nitrogens is 4. The van der Waals surface area contributed by atoms with Crippen LogP contribution in [0.4, 0.5) is 0 Å². The average molecular weight is 372 g/mol. The van der Waals surface area contributed by atoms with Gasteiger partial charge in [0.25, 0.3) is 0 Å². The third kappa shape index (κ3) is 3.38. The Morgan fingerprint density at radius 1 is 1.22 bits per heavy atom. The highest BCUT2D eigenvalue weighted by atomic mass is 16.5. The molecule has 0 saturated carbocycles. The fraction of sp³-hybridized carbons (Fsp3) is 0.684. The van der Waals surface area contributed by atoms with E-state index in [1.54, 1.807) is 0 Å². The fourth-order valence-corrected chi connectivity index (χ4v) is 4.73. The van der Waals surface area contributed by atoms with Gasteiger partial charge >= 0.3 is 0 Å². The molecule has 4 heterocycles. The molecule has 4 unspecified atom stereocenters. The number of rotatable bonds is 4. The first-order chi connectivity index (χ1) is 12.9. The van der Waals surface area contributed by atoms with E-state index in [4.69, 9.17) is 14.1 Å². The number of hydrazone groups is 1. The Morgan fingerprint density at radius 2 is 2.04 bits per heavy atom. The van der Waals surface area contributed by atoms with Crippen molar-refractivity contribution in [1.29, 1.82) is 0 Å². The van der Waals surface area contributed by atoms with Gasteiger partial charge in [0.15, 0.2) is 5.89 Å². The standard InChI is InChI=1S/C19H28N6O2/c1-11-15(9-24(4)22-11)18(16-10-27-13(3)20-16)14-6-7-26-17(8-14)19-12(2)21-23-25(19)5/h10,14-15,17-18H,6-9H2,1-5H3. The van der Waals surface area contributed by atoms with Gasteiger partial charge in [0.2, 0.25) is 0 Å². The van der Waals surface area contributed by atoms with Crippen LogP contribution in [-0.4, -0.2) is 50.9 Å². The van der Waals surface area contributed by atoms with Gasteiger partial charge in [-0.1, -0.05) is 5.21 Å². The molecular weight excluding hydrogens is 344 g/mol. The Hall–Kier alpha value is -2.22. The Labute approximate surface area is 159 Å². The van der Waals surface area contributed by atoms with Crippen molar-refractivity contribution in [2.24, 2.45) is 24.0 Å². The third-order valence-electron chi connectivity index (χ3n) is 5.92. The summed E-state index contributed by atoms with van der Waals surface area (Å²) in [5, 5.41) is 15.0. The van der Waals surface area contributed by atoms with Gasteiger partial charge in [0, 0.05) is 51.7 Å². The maximum Gasteiger partial charge on any atom is 0.191 e. The molecule has 2 aliphatic heterocycles. The SMILES string of the molecule is CC1=NN(C)CC1C(c1coc(C)n1)C1CCOC(c2c(C)nnn2C)C1. The molecule has 4 atom stereocenters. The van der Waals surface area contributed by atoms with Gasteiger partial charge in [-0.05, 0) is 32.6 Å². The van der Waals surface area contributed by atoms with Crippen LogP contribution >= 0.6 is 0 Å². The van der Waals surface area contributed by atoms with Crippen molar-refractivity contribution >= 4 is 5.71 Å². The molecule has 8 heteroatoms. The van der Waals surface area contributed by atoms with Crippen molar-refractivity contribution in [1.82, 2.24) is 25.0 Å². The average Bonchev–Trinajstić information content (AvgIpc) is 3.29. The van der Waals surface area contributed by atoms with Gasteiger partial charge < -0.3 is 9.15 Å². The Morgan fingerprint density at radius 3 is 2.63 bits per heavy atom. The molecule has 0 bridgehead atoms. The monoisotopic (exact) mass is 372 g/mol. The molecule has 8 nitrogen and oxygen atoms in total. The molecule has 1 saturated heterocycles. The molecule has 0 N–H and O–H groups in total. The number of hydrogen-bond acceptors (Lipinski definition) is 7. The van der Waals surface area contributed by atoms with Crippen LogP contribution in [-0.2, 0) is 11.8 Å². The molecule has 2 aromatic rings. The lowest BCUT2D eigenvalue weighted by molar-refractivity contribution is -0.0239. The minimum Gasteiger partial charge on any atom is -0.449 e. The van der Waals surface area contributed by atoms with Crippen LogP contribution in [0.3, 0.4) is 0 Å². The molecular formula is C19H28N6O2. The summed E-state index contributed by atoms with van der Waals surface area (Å²) in [7, 11) is 3.97. The molecule has 0 aliphatic carbocycles. The molecule has 1 fully saturated rings. The predicted octanol–water partition coefficient (Wildman–Crippen LogP) is 2.61. The normalized spacial score (nSPS) is 27.1. The van der Waals surface area contributed by atoms with Crippen LogP contribution < -0.4 is 0 Å². The lowest BCUT2D eigenvalue weighted by Gasteiger charge is -2.36. The second kappa shape index (κ2) is 7.07. The van der Waals surface area contributed by atoms with Crippen molar-refractivity contribution in [3.8, 4) is 0 Å².